The van der Waals surface area contributed by atoms with Crippen molar-refractivity contribution in [2.45, 2.75) is 40.7 Å². The lowest BCUT2D eigenvalue weighted by atomic mass is 10.0. The third kappa shape index (κ3) is 4.87. The lowest BCUT2D eigenvalue weighted by Gasteiger charge is -2.20. The number of amides is 3. The first kappa shape index (κ1) is 24.8. The first-order valence-corrected chi connectivity index (χ1v) is 10.2. The molecule has 0 bridgehead atoms. The van der Waals surface area contributed by atoms with Crippen LogP contribution in [-0.4, -0.2) is 41.2 Å². The zero-order valence-electron chi connectivity index (χ0n) is 19.3. The summed E-state index contributed by atoms with van der Waals surface area (Å²) in [5.74, 6) is -3.28. The summed E-state index contributed by atoms with van der Waals surface area (Å²) in [5.41, 5.74) is 1.92. The van der Waals surface area contributed by atoms with Crippen LogP contribution in [0.25, 0.3) is 0 Å². The summed E-state index contributed by atoms with van der Waals surface area (Å²) < 4.78 is 15.0. The van der Waals surface area contributed by atoms with Gasteiger partial charge in [-0.25, -0.2) is 4.39 Å². The highest BCUT2D eigenvalue weighted by atomic mass is 19.1. The number of anilines is 1. The van der Waals surface area contributed by atoms with Gasteiger partial charge in [0.25, 0.3) is 17.6 Å². The number of ketones is 1. The van der Waals surface area contributed by atoms with Crippen molar-refractivity contribution in [2.75, 3.05) is 12.4 Å². The summed E-state index contributed by atoms with van der Waals surface area (Å²) in [6.45, 7) is 8.33. The van der Waals surface area contributed by atoms with Gasteiger partial charge in [0.2, 0.25) is 5.91 Å². The van der Waals surface area contributed by atoms with Gasteiger partial charge in [-0.05, 0) is 56.0 Å². The van der Waals surface area contributed by atoms with E-state index < -0.39 is 29.5 Å². The molecule has 0 spiro atoms. The SMILES string of the molecule is CNC(=O)[C@H](NC(=O)C(=O)c1c(C)c(C(=O)Nc2ccc(F)c(C)c2)c(C)n1C)C(C)C. The van der Waals surface area contributed by atoms with Gasteiger partial charge >= 0.3 is 0 Å². The number of nitrogens with one attached hydrogen (secondary N) is 3. The van der Waals surface area contributed by atoms with Crippen molar-refractivity contribution in [3.05, 3.63) is 52.1 Å². The Morgan fingerprint density at radius 3 is 2.22 bits per heavy atom. The lowest BCUT2D eigenvalue weighted by Crippen LogP contribution is -2.50. The van der Waals surface area contributed by atoms with Crippen LogP contribution in [-0.2, 0) is 16.6 Å². The second kappa shape index (κ2) is 9.76. The maximum absolute atomic E-state index is 13.5. The van der Waals surface area contributed by atoms with Crippen LogP contribution in [0.2, 0.25) is 0 Å². The highest BCUT2D eigenvalue weighted by Crippen LogP contribution is 2.24. The molecule has 172 valence electrons. The fraction of sp³-hybridized carbons (Fsp3) is 0.391. The standard InChI is InChI=1S/C23H29FN4O4/c1-11(2)18(22(31)25-6)27-23(32)20(29)19-13(4)17(14(5)28(19)7)21(30)26-15-8-9-16(24)12(3)10-15/h8-11,18H,1-7H3,(H,25,31)(H,26,30)(H,27,32)/t18-/m1/s1. The monoisotopic (exact) mass is 444 g/mol. The minimum Gasteiger partial charge on any atom is -0.357 e. The number of rotatable bonds is 7. The van der Waals surface area contributed by atoms with Crippen molar-refractivity contribution in [1.29, 1.82) is 0 Å². The van der Waals surface area contributed by atoms with Crippen molar-refractivity contribution < 1.29 is 23.6 Å². The molecule has 3 N–H and O–H groups in total. The highest BCUT2D eigenvalue weighted by Gasteiger charge is 2.31. The number of carbonyl (C=O) groups excluding carboxylic acids is 4. The van der Waals surface area contributed by atoms with Crippen LogP contribution in [0.1, 0.15) is 51.5 Å². The summed E-state index contributed by atoms with van der Waals surface area (Å²) in [6, 6.07) is 3.33. The summed E-state index contributed by atoms with van der Waals surface area (Å²) >= 11 is 0. The molecule has 0 aliphatic carbocycles. The van der Waals surface area contributed by atoms with E-state index in [-0.39, 0.29) is 23.0 Å². The van der Waals surface area contributed by atoms with Crippen LogP contribution in [0.5, 0.6) is 0 Å². The van der Waals surface area contributed by atoms with E-state index in [9.17, 15) is 23.6 Å². The Hall–Kier alpha value is -3.49. The number of halogens is 1. The predicted octanol–water partition coefficient (Wildman–Crippen LogP) is 2.41. The average Bonchev–Trinajstić information content (AvgIpc) is 2.95. The summed E-state index contributed by atoms with van der Waals surface area (Å²) in [7, 11) is 3.03. The first-order chi connectivity index (χ1) is 14.9. The van der Waals surface area contributed by atoms with E-state index in [4.69, 9.17) is 0 Å². The Morgan fingerprint density at radius 1 is 1.06 bits per heavy atom. The van der Waals surface area contributed by atoms with Crippen LogP contribution in [0.4, 0.5) is 10.1 Å². The quantitative estimate of drug-likeness (QED) is 0.450. The van der Waals surface area contributed by atoms with Gasteiger partial charge in [0.05, 0.1) is 11.3 Å². The Bertz CT molecular complexity index is 1090. The minimum absolute atomic E-state index is 0.0554. The molecule has 0 saturated heterocycles. The largest absolute Gasteiger partial charge is 0.357 e. The molecule has 2 rings (SSSR count). The Labute approximate surface area is 186 Å². The number of likely N-dealkylation sites (N-methyl/N-ethyl adjacent to an activating group) is 1. The van der Waals surface area contributed by atoms with Crippen molar-refractivity contribution in [2.24, 2.45) is 13.0 Å². The van der Waals surface area contributed by atoms with Gasteiger partial charge in [0.15, 0.2) is 0 Å². The van der Waals surface area contributed by atoms with Crippen LogP contribution >= 0.6 is 0 Å². The molecule has 32 heavy (non-hydrogen) atoms. The summed E-state index contributed by atoms with van der Waals surface area (Å²) in [5, 5.41) is 7.65. The predicted molar refractivity (Wildman–Crippen MR) is 119 cm³/mol. The molecule has 1 aromatic heterocycles. The lowest BCUT2D eigenvalue weighted by molar-refractivity contribution is -0.127. The molecule has 0 aliphatic rings. The number of Topliss-reactive ketones (excluding diaryl/α,β-unsaturated/α-hetero) is 1. The van der Waals surface area contributed by atoms with Crippen LogP contribution < -0.4 is 16.0 Å². The van der Waals surface area contributed by atoms with E-state index in [1.54, 1.807) is 41.7 Å². The van der Waals surface area contributed by atoms with Crippen molar-refractivity contribution >= 4 is 29.2 Å². The minimum atomic E-state index is -0.933. The second-order valence-corrected chi connectivity index (χ2v) is 8.05. The van der Waals surface area contributed by atoms with Gasteiger partial charge in [-0.2, -0.15) is 0 Å². The van der Waals surface area contributed by atoms with Gasteiger partial charge in [-0.3, -0.25) is 19.2 Å². The zero-order chi connectivity index (χ0) is 24.3. The van der Waals surface area contributed by atoms with Crippen molar-refractivity contribution in [3.63, 3.8) is 0 Å². The maximum Gasteiger partial charge on any atom is 0.294 e. The third-order valence-corrected chi connectivity index (χ3v) is 5.48. The number of hydrogen-bond donors (Lipinski definition) is 3. The van der Waals surface area contributed by atoms with E-state index in [0.717, 1.165) is 0 Å². The molecule has 9 heteroatoms. The summed E-state index contributed by atoms with van der Waals surface area (Å²) in [4.78, 5) is 50.5. The third-order valence-electron chi connectivity index (χ3n) is 5.48. The Balaban J connectivity index is 2.34. The molecule has 1 aromatic carbocycles. The molecule has 1 heterocycles. The highest BCUT2D eigenvalue weighted by molar-refractivity contribution is 6.43. The molecule has 0 radical (unpaired) electrons. The molecular weight excluding hydrogens is 415 g/mol. The number of aromatic nitrogens is 1. The van der Waals surface area contributed by atoms with E-state index in [1.807, 2.05) is 0 Å². The van der Waals surface area contributed by atoms with E-state index in [2.05, 4.69) is 16.0 Å². The van der Waals surface area contributed by atoms with Gasteiger partial charge in [0.1, 0.15) is 11.9 Å². The Morgan fingerprint density at radius 2 is 1.69 bits per heavy atom. The van der Waals surface area contributed by atoms with Gasteiger partial charge in [-0.1, -0.05) is 13.8 Å². The first-order valence-electron chi connectivity index (χ1n) is 10.2. The molecule has 0 fully saturated rings. The maximum atomic E-state index is 13.5. The number of carbonyl (C=O) groups is 4. The van der Waals surface area contributed by atoms with Gasteiger partial charge in [0, 0.05) is 25.5 Å². The zero-order valence-corrected chi connectivity index (χ0v) is 19.3. The van der Waals surface area contributed by atoms with Gasteiger partial charge in [-0.15, -0.1) is 0 Å². The van der Waals surface area contributed by atoms with Crippen molar-refractivity contribution in [3.8, 4) is 0 Å². The molecule has 3 amide bonds. The van der Waals surface area contributed by atoms with Gasteiger partial charge < -0.3 is 20.5 Å². The van der Waals surface area contributed by atoms with E-state index >= 15 is 0 Å². The number of benzene rings is 1. The number of hydrogen-bond acceptors (Lipinski definition) is 4. The molecular formula is C23H29FN4O4. The average molecular weight is 445 g/mol. The van der Waals surface area contributed by atoms with Crippen LogP contribution in [0, 0.1) is 32.5 Å². The topological polar surface area (TPSA) is 109 Å². The normalized spacial score (nSPS) is 11.8. The molecule has 2 aromatic rings. The fourth-order valence-corrected chi connectivity index (χ4v) is 3.55. The molecule has 8 nitrogen and oxygen atoms in total. The second-order valence-electron chi connectivity index (χ2n) is 8.05. The van der Waals surface area contributed by atoms with Crippen molar-refractivity contribution in [1.82, 2.24) is 15.2 Å². The van der Waals surface area contributed by atoms with E-state index in [0.29, 0.717) is 22.5 Å². The van der Waals surface area contributed by atoms with Crippen LogP contribution in [0.15, 0.2) is 18.2 Å². The fourth-order valence-electron chi connectivity index (χ4n) is 3.55. The smallest absolute Gasteiger partial charge is 0.294 e. The summed E-state index contributed by atoms with van der Waals surface area (Å²) in [6.07, 6.45) is 0. The molecule has 0 aliphatic heterocycles. The molecule has 0 saturated carbocycles. The number of nitrogens with zero attached hydrogens (tertiary/aromatic N) is 1. The molecule has 1 atom stereocenters. The van der Waals surface area contributed by atoms with Crippen LogP contribution in [0.3, 0.4) is 0 Å². The van der Waals surface area contributed by atoms with E-state index in [1.165, 1.54) is 29.8 Å². The Kier molecular flexibility index (Phi) is 7.56. The molecule has 0 unspecified atom stereocenters. The number of aryl methyl sites for hydroxylation is 1.